The summed E-state index contributed by atoms with van der Waals surface area (Å²) in [5, 5.41) is 3.53. The largest absolute Gasteiger partial charge is 0.472 e. The Morgan fingerprint density at radius 1 is 1.44 bits per heavy atom. The van der Waals surface area contributed by atoms with Crippen molar-refractivity contribution in [3.05, 3.63) is 24.2 Å². The lowest BCUT2D eigenvalue weighted by molar-refractivity contribution is 0.0476. The highest BCUT2D eigenvalue weighted by atomic mass is 16.5. The van der Waals surface area contributed by atoms with E-state index in [0.29, 0.717) is 6.04 Å². The smallest absolute Gasteiger partial charge is 0.0935 e. The number of hydrogen-bond acceptors (Lipinski definition) is 3. The molecule has 0 saturated heterocycles. The molecular weight excluding hydrogens is 202 g/mol. The molecule has 0 radical (unpaired) electrons. The second-order valence-electron chi connectivity index (χ2n) is 4.06. The third-order valence-electron chi connectivity index (χ3n) is 2.69. The van der Waals surface area contributed by atoms with Crippen LogP contribution in [-0.2, 0) is 11.2 Å². The first-order valence-corrected chi connectivity index (χ1v) is 6.14. The number of nitrogens with one attached hydrogen (secondary N) is 1. The number of rotatable bonds is 8. The van der Waals surface area contributed by atoms with Crippen LogP contribution in [0.4, 0.5) is 0 Å². The second-order valence-corrected chi connectivity index (χ2v) is 4.06. The van der Waals surface area contributed by atoms with Gasteiger partial charge < -0.3 is 14.5 Å². The molecule has 1 aromatic heterocycles. The van der Waals surface area contributed by atoms with Gasteiger partial charge in [0, 0.05) is 12.6 Å². The van der Waals surface area contributed by atoms with Crippen molar-refractivity contribution in [2.24, 2.45) is 0 Å². The van der Waals surface area contributed by atoms with Crippen molar-refractivity contribution >= 4 is 0 Å². The predicted octanol–water partition coefficient (Wildman–Crippen LogP) is 2.62. The normalized spacial score (nSPS) is 14.9. The lowest BCUT2D eigenvalue weighted by Gasteiger charge is -2.24. The quantitative estimate of drug-likeness (QED) is 0.738. The molecule has 0 spiro atoms. The molecule has 0 fully saturated rings. The van der Waals surface area contributed by atoms with Crippen LogP contribution < -0.4 is 5.32 Å². The molecule has 16 heavy (non-hydrogen) atoms. The zero-order valence-electron chi connectivity index (χ0n) is 10.5. The molecule has 0 aliphatic rings. The minimum atomic E-state index is 0.228. The maximum absolute atomic E-state index is 5.66. The Labute approximate surface area is 98.2 Å². The Bertz CT molecular complexity index is 259. The van der Waals surface area contributed by atoms with Crippen molar-refractivity contribution in [1.82, 2.24) is 5.32 Å². The van der Waals surface area contributed by atoms with E-state index in [2.05, 4.69) is 19.2 Å². The molecule has 0 amide bonds. The molecule has 92 valence electrons. The molecule has 1 rings (SSSR count). The molecule has 0 aromatic carbocycles. The standard InChI is InChI=1S/C13H23NO2/c1-4-7-14-13(11(3)16-5-2)9-12-6-8-15-10-12/h6,8,10-11,13-14H,4-5,7,9H2,1-3H3. The van der Waals surface area contributed by atoms with Crippen molar-refractivity contribution in [2.45, 2.75) is 45.8 Å². The molecule has 1 aromatic rings. The molecule has 3 heteroatoms. The molecule has 1 heterocycles. The summed E-state index contributed by atoms with van der Waals surface area (Å²) in [6, 6.07) is 2.37. The van der Waals surface area contributed by atoms with E-state index in [1.807, 2.05) is 13.0 Å². The fourth-order valence-electron chi connectivity index (χ4n) is 1.78. The van der Waals surface area contributed by atoms with Crippen LogP contribution in [0.1, 0.15) is 32.8 Å². The van der Waals surface area contributed by atoms with E-state index in [-0.39, 0.29) is 6.10 Å². The van der Waals surface area contributed by atoms with E-state index in [9.17, 15) is 0 Å². The summed E-state index contributed by atoms with van der Waals surface area (Å²) < 4.78 is 10.7. The third-order valence-corrected chi connectivity index (χ3v) is 2.69. The fourth-order valence-corrected chi connectivity index (χ4v) is 1.78. The van der Waals surface area contributed by atoms with Gasteiger partial charge in [0.25, 0.3) is 0 Å². The Morgan fingerprint density at radius 2 is 2.25 bits per heavy atom. The molecule has 1 N–H and O–H groups in total. The Morgan fingerprint density at radius 3 is 2.81 bits per heavy atom. The van der Waals surface area contributed by atoms with Gasteiger partial charge in [-0.05, 0) is 44.9 Å². The second kappa shape index (κ2) is 7.47. The van der Waals surface area contributed by atoms with Crippen molar-refractivity contribution < 1.29 is 9.15 Å². The topological polar surface area (TPSA) is 34.4 Å². The number of furan rings is 1. The molecule has 3 nitrogen and oxygen atoms in total. The lowest BCUT2D eigenvalue weighted by Crippen LogP contribution is -2.41. The van der Waals surface area contributed by atoms with Gasteiger partial charge in [0.05, 0.1) is 18.6 Å². The molecular formula is C13H23NO2. The summed E-state index contributed by atoms with van der Waals surface area (Å²) in [6.07, 6.45) is 5.85. The molecule has 0 aliphatic carbocycles. The van der Waals surface area contributed by atoms with Crippen LogP contribution in [0.5, 0.6) is 0 Å². The van der Waals surface area contributed by atoms with Crippen LogP contribution in [0.25, 0.3) is 0 Å². The van der Waals surface area contributed by atoms with Gasteiger partial charge in [-0.15, -0.1) is 0 Å². The highest BCUT2D eigenvalue weighted by molar-refractivity contribution is 5.08. The van der Waals surface area contributed by atoms with Gasteiger partial charge in [0.1, 0.15) is 0 Å². The summed E-state index contributed by atoms with van der Waals surface area (Å²) in [5.74, 6) is 0. The number of ether oxygens (including phenoxy) is 1. The first-order chi connectivity index (χ1) is 7.77. The zero-order chi connectivity index (χ0) is 11.8. The minimum absolute atomic E-state index is 0.228. The van der Waals surface area contributed by atoms with Crippen molar-refractivity contribution in [3.63, 3.8) is 0 Å². The summed E-state index contributed by atoms with van der Waals surface area (Å²) in [5.41, 5.74) is 1.22. The summed E-state index contributed by atoms with van der Waals surface area (Å²) in [6.45, 7) is 8.12. The first-order valence-electron chi connectivity index (χ1n) is 6.14. The van der Waals surface area contributed by atoms with Crippen LogP contribution in [-0.4, -0.2) is 25.3 Å². The van der Waals surface area contributed by atoms with Gasteiger partial charge in [-0.25, -0.2) is 0 Å². The van der Waals surface area contributed by atoms with Crippen LogP contribution >= 0.6 is 0 Å². The van der Waals surface area contributed by atoms with Crippen molar-refractivity contribution in [2.75, 3.05) is 13.2 Å². The summed E-state index contributed by atoms with van der Waals surface area (Å²) >= 11 is 0. The van der Waals surface area contributed by atoms with Crippen LogP contribution in [0, 0.1) is 0 Å². The molecule has 0 aliphatic heterocycles. The van der Waals surface area contributed by atoms with E-state index >= 15 is 0 Å². The van der Waals surface area contributed by atoms with E-state index in [1.165, 1.54) is 5.56 Å². The Balaban J connectivity index is 2.49. The highest BCUT2D eigenvalue weighted by Gasteiger charge is 2.17. The zero-order valence-corrected chi connectivity index (χ0v) is 10.5. The average Bonchev–Trinajstić information content (AvgIpc) is 2.77. The van der Waals surface area contributed by atoms with Crippen molar-refractivity contribution in [3.8, 4) is 0 Å². The van der Waals surface area contributed by atoms with Crippen molar-refractivity contribution in [1.29, 1.82) is 0 Å². The third kappa shape index (κ3) is 4.37. The predicted molar refractivity (Wildman–Crippen MR) is 65.6 cm³/mol. The SMILES string of the molecule is CCCNC(Cc1ccoc1)C(C)OCC. The van der Waals surface area contributed by atoms with Gasteiger partial charge >= 0.3 is 0 Å². The van der Waals surface area contributed by atoms with E-state index in [0.717, 1.165) is 26.0 Å². The first kappa shape index (κ1) is 13.3. The summed E-state index contributed by atoms with van der Waals surface area (Å²) in [7, 11) is 0. The Hall–Kier alpha value is -0.800. The molecule has 2 atom stereocenters. The fraction of sp³-hybridized carbons (Fsp3) is 0.692. The summed E-state index contributed by atoms with van der Waals surface area (Å²) in [4.78, 5) is 0. The maximum Gasteiger partial charge on any atom is 0.0935 e. The number of hydrogen-bond donors (Lipinski definition) is 1. The van der Waals surface area contributed by atoms with Gasteiger partial charge in [0.2, 0.25) is 0 Å². The maximum atomic E-state index is 5.66. The minimum Gasteiger partial charge on any atom is -0.472 e. The van der Waals surface area contributed by atoms with E-state index < -0.39 is 0 Å². The highest BCUT2D eigenvalue weighted by Crippen LogP contribution is 2.09. The van der Waals surface area contributed by atoms with E-state index in [4.69, 9.17) is 9.15 Å². The van der Waals surface area contributed by atoms with Gasteiger partial charge in [-0.3, -0.25) is 0 Å². The average molecular weight is 225 g/mol. The molecule has 2 unspecified atom stereocenters. The van der Waals surface area contributed by atoms with Crippen LogP contribution in [0.2, 0.25) is 0 Å². The molecule has 0 bridgehead atoms. The van der Waals surface area contributed by atoms with E-state index in [1.54, 1.807) is 12.5 Å². The van der Waals surface area contributed by atoms with Crippen LogP contribution in [0.3, 0.4) is 0 Å². The monoisotopic (exact) mass is 225 g/mol. The van der Waals surface area contributed by atoms with Gasteiger partial charge in [0.15, 0.2) is 0 Å². The lowest BCUT2D eigenvalue weighted by atomic mass is 10.0. The van der Waals surface area contributed by atoms with Gasteiger partial charge in [-0.1, -0.05) is 6.92 Å². The van der Waals surface area contributed by atoms with Crippen LogP contribution in [0.15, 0.2) is 23.0 Å². The van der Waals surface area contributed by atoms with Gasteiger partial charge in [-0.2, -0.15) is 0 Å². The Kier molecular flexibility index (Phi) is 6.19. The molecule has 0 saturated carbocycles.